The van der Waals surface area contributed by atoms with E-state index in [1.165, 1.54) is 12.1 Å². The first-order valence-electron chi connectivity index (χ1n) is 13.1. The Morgan fingerprint density at radius 1 is 0.976 bits per heavy atom. The number of H-pyrrole nitrogens is 1. The minimum atomic E-state index is -4.55. The zero-order valence-electron chi connectivity index (χ0n) is 23.2. The Labute approximate surface area is 240 Å². The number of aromatic nitrogens is 4. The molecule has 0 aliphatic rings. The number of halogens is 3. The number of rotatable bonds is 9. The van der Waals surface area contributed by atoms with Gasteiger partial charge in [-0.3, -0.25) is 9.78 Å². The van der Waals surface area contributed by atoms with Crippen molar-refractivity contribution >= 4 is 40.0 Å². The zero-order chi connectivity index (χ0) is 29.9. The quantitative estimate of drug-likeness (QED) is 0.198. The summed E-state index contributed by atoms with van der Waals surface area (Å²) in [6, 6.07) is 15.1. The molecule has 42 heavy (non-hydrogen) atoms. The van der Waals surface area contributed by atoms with Gasteiger partial charge in [-0.15, -0.1) is 0 Å². The molecule has 0 atom stereocenters. The number of hydrogen-bond donors (Lipinski definition) is 3. The lowest BCUT2D eigenvalue weighted by molar-refractivity contribution is -0.137. The Morgan fingerprint density at radius 2 is 1.81 bits per heavy atom. The molecule has 9 nitrogen and oxygen atoms in total. The van der Waals surface area contributed by atoms with E-state index < -0.39 is 17.6 Å². The van der Waals surface area contributed by atoms with Crippen LogP contribution in [0.5, 0.6) is 0 Å². The van der Waals surface area contributed by atoms with Crippen LogP contribution in [0.2, 0.25) is 0 Å². The average molecular weight is 575 g/mol. The standard InChI is InChI=1S/C30H29F3N8O/c1-40(2)14-15-41(3)25-10-9-22(36-28(42)19-6-4-8-21(16-19)30(31,32)33)17-24(25)38-29-37-23-11-13-35-27(23)26(39-29)20-7-5-12-34-18-20/h4-13,16-18,35H,14-15H2,1-3H3,(H,36,42)(H,37,38,39). The predicted molar refractivity (Wildman–Crippen MR) is 158 cm³/mol. The summed E-state index contributed by atoms with van der Waals surface area (Å²) < 4.78 is 39.6. The predicted octanol–water partition coefficient (Wildman–Crippen LogP) is 6.03. The van der Waals surface area contributed by atoms with Crippen molar-refractivity contribution in [1.29, 1.82) is 0 Å². The number of alkyl halides is 3. The number of amides is 1. The van der Waals surface area contributed by atoms with Crippen LogP contribution in [-0.4, -0.2) is 65.0 Å². The highest BCUT2D eigenvalue weighted by atomic mass is 19.4. The maximum Gasteiger partial charge on any atom is 0.416 e. The van der Waals surface area contributed by atoms with Gasteiger partial charge in [-0.1, -0.05) is 6.07 Å². The molecule has 3 heterocycles. The van der Waals surface area contributed by atoms with E-state index in [9.17, 15) is 18.0 Å². The van der Waals surface area contributed by atoms with E-state index in [1.54, 1.807) is 30.7 Å². The van der Waals surface area contributed by atoms with Gasteiger partial charge < -0.3 is 25.4 Å². The summed E-state index contributed by atoms with van der Waals surface area (Å²) in [6.45, 7) is 1.50. The molecule has 216 valence electrons. The van der Waals surface area contributed by atoms with Gasteiger partial charge in [0, 0.05) is 55.5 Å². The van der Waals surface area contributed by atoms with Gasteiger partial charge in [-0.2, -0.15) is 13.2 Å². The number of fused-ring (bicyclic) bond motifs is 1. The number of likely N-dealkylation sites (N-methyl/N-ethyl adjacent to an activating group) is 2. The number of benzene rings is 2. The number of carbonyl (C=O) groups is 1. The minimum Gasteiger partial charge on any atom is -0.372 e. The van der Waals surface area contributed by atoms with E-state index in [0.717, 1.165) is 35.4 Å². The van der Waals surface area contributed by atoms with Crippen LogP contribution in [0.3, 0.4) is 0 Å². The molecule has 0 saturated carbocycles. The first-order chi connectivity index (χ1) is 20.1. The van der Waals surface area contributed by atoms with Crippen LogP contribution in [-0.2, 0) is 6.18 Å². The molecule has 2 aromatic carbocycles. The fraction of sp³-hybridized carbons (Fsp3) is 0.200. The second-order valence-corrected chi connectivity index (χ2v) is 9.99. The van der Waals surface area contributed by atoms with Gasteiger partial charge in [0.1, 0.15) is 5.69 Å². The van der Waals surface area contributed by atoms with Crippen molar-refractivity contribution in [2.45, 2.75) is 6.18 Å². The lowest BCUT2D eigenvalue weighted by atomic mass is 10.1. The Bertz CT molecular complexity index is 1700. The number of pyridine rings is 1. The third-order valence-corrected chi connectivity index (χ3v) is 6.59. The van der Waals surface area contributed by atoms with Gasteiger partial charge in [0.15, 0.2) is 0 Å². The fourth-order valence-electron chi connectivity index (χ4n) is 4.39. The maximum atomic E-state index is 13.2. The summed E-state index contributed by atoms with van der Waals surface area (Å²) >= 11 is 0. The molecule has 0 aliphatic carbocycles. The Balaban J connectivity index is 1.50. The SMILES string of the molecule is CN(C)CCN(C)c1ccc(NC(=O)c2cccc(C(F)(F)F)c2)cc1Nc1nc(-c2cccnc2)c2[nH]ccc2n1. The average Bonchev–Trinajstić information content (AvgIpc) is 3.44. The number of aromatic amines is 1. The smallest absolute Gasteiger partial charge is 0.372 e. The Kier molecular flexibility index (Phi) is 8.07. The zero-order valence-corrected chi connectivity index (χ0v) is 23.2. The number of hydrogen-bond acceptors (Lipinski definition) is 7. The molecule has 0 aliphatic heterocycles. The van der Waals surface area contributed by atoms with E-state index in [0.29, 0.717) is 35.1 Å². The molecule has 0 spiro atoms. The van der Waals surface area contributed by atoms with Crippen LogP contribution in [0.1, 0.15) is 15.9 Å². The largest absolute Gasteiger partial charge is 0.416 e. The van der Waals surface area contributed by atoms with Crippen molar-refractivity contribution in [3.05, 3.63) is 90.4 Å². The molecule has 0 bridgehead atoms. The lowest BCUT2D eigenvalue weighted by Crippen LogP contribution is -2.29. The molecular weight excluding hydrogens is 545 g/mol. The fourth-order valence-corrected chi connectivity index (χ4v) is 4.39. The van der Waals surface area contributed by atoms with Crippen LogP contribution < -0.4 is 15.5 Å². The van der Waals surface area contributed by atoms with E-state index in [4.69, 9.17) is 4.98 Å². The van der Waals surface area contributed by atoms with Gasteiger partial charge in [-0.25, -0.2) is 9.97 Å². The Hall–Kier alpha value is -4.97. The molecule has 0 fully saturated rings. The third kappa shape index (κ3) is 6.50. The normalized spacial score (nSPS) is 11.6. The number of carbonyl (C=O) groups excluding carboxylic acids is 1. The summed E-state index contributed by atoms with van der Waals surface area (Å²) in [6.07, 6.45) is 0.635. The summed E-state index contributed by atoms with van der Waals surface area (Å²) in [7, 11) is 5.92. The maximum absolute atomic E-state index is 13.2. The summed E-state index contributed by atoms with van der Waals surface area (Å²) in [5.74, 6) is -0.339. The number of nitrogens with zero attached hydrogens (tertiary/aromatic N) is 5. The highest BCUT2D eigenvalue weighted by Crippen LogP contribution is 2.33. The Morgan fingerprint density at radius 3 is 2.55 bits per heavy atom. The van der Waals surface area contributed by atoms with Crippen LogP contribution in [0.4, 0.5) is 36.2 Å². The first-order valence-corrected chi connectivity index (χ1v) is 13.1. The van der Waals surface area contributed by atoms with Crippen LogP contribution in [0, 0.1) is 0 Å². The minimum absolute atomic E-state index is 0.103. The lowest BCUT2D eigenvalue weighted by Gasteiger charge is -2.25. The second kappa shape index (κ2) is 11.9. The summed E-state index contributed by atoms with van der Waals surface area (Å²) in [4.78, 5) is 33.9. The van der Waals surface area contributed by atoms with E-state index >= 15 is 0 Å². The number of anilines is 4. The second-order valence-electron chi connectivity index (χ2n) is 9.99. The molecule has 12 heteroatoms. The van der Waals surface area contributed by atoms with Crippen molar-refractivity contribution in [3.63, 3.8) is 0 Å². The van der Waals surface area contributed by atoms with Crippen molar-refractivity contribution in [3.8, 4) is 11.3 Å². The monoisotopic (exact) mass is 574 g/mol. The molecule has 0 unspecified atom stereocenters. The van der Waals surface area contributed by atoms with Crippen molar-refractivity contribution < 1.29 is 18.0 Å². The topological polar surface area (TPSA) is 102 Å². The molecule has 5 rings (SSSR count). The molecule has 3 aromatic heterocycles. The molecule has 5 aromatic rings. The van der Waals surface area contributed by atoms with Gasteiger partial charge in [0.05, 0.1) is 28.0 Å². The van der Waals surface area contributed by atoms with Gasteiger partial charge in [0.2, 0.25) is 5.95 Å². The summed E-state index contributed by atoms with van der Waals surface area (Å²) in [5, 5.41) is 6.02. The van der Waals surface area contributed by atoms with Crippen LogP contribution in [0.25, 0.3) is 22.3 Å². The molecule has 0 radical (unpaired) electrons. The van der Waals surface area contributed by atoms with Crippen LogP contribution in [0.15, 0.2) is 79.3 Å². The van der Waals surface area contributed by atoms with Gasteiger partial charge >= 0.3 is 6.18 Å². The van der Waals surface area contributed by atoms with E-state index in [2.05, 4.69) is 35.4 Å². The first kappa shape index (κ1) is 28.6. The summed E-state index contributed by atoms with van der Waals surface area (Å²) in [5.41, 5.74) is 3.74. The van der Waals surface area contributed by atoms with E-state index in [1.807, 2.05) is 45.4 Å². The van der Waals surface area contributed by atoms with Gasteiger partial charge in [-0.05, 0) is 68.7 Å². The third-order valence-electron chi connectivity index (χ3n) is 6.59. The molecule has 0 saturated heterocycles. The van der Waals surface area contributed by atoms with Crippen LogP contribution >= 0.6 is 0 Å². The highest BCUT2D eigenvalue weighted by molar-refractivity contribution is 6.05. The van der Waals surface area contributed by atoms with Crippen molar-refractivity contribution in [1.82, 2.24) is 24.8 Å². The van der Waals surface area contributed by atoms with Crippen molar-refractivity contribution in [2.75, 3.05) is 49.8 Å². The van der Waals surface area contributed by atoms with Crippen molar-refractivity contribution in [2.24, 2.45) is 0 Å². The highest BCUT2D eigenvalue weighted by Gasteiger charge is 2.31. The molecular formula is C30H29F3N8O. The van der Waals surface area contributed by atoms with E-state index in [-0.39, 0.29) is 5.56 Å². The molecule has 1 amide bonds. The van der Waals surface area contributed by atoms with Gasteiger partial charge in [0.25, 0.3) is 5.91 Å². The molecule has 3 N–H and O–H groups in total. The number of nitrogens with one attached hydrogen (secondary N) is 3.